The van der Waals surface area contributed by atoms with E-state index in [2.05, 4.69) is 21.2 Å². The average molecular weight is 521 g/mol. The first-order valence-electron chi connectivity index (χ1n) is 9.78. The lowest BCUT2D eigenvalue weighted by molar-refractivity contribution is -0.114. The zero-order valence-electron chi connectivity index (χ0n) is 17.5. The molecule has 0 fully saturated rings. The van der Waals surface area contributed by atoms with Crippen molar-refractivity contribution in [1.29, 1.82) is 0 Å². The van der Waals surface area contributed by atoms with Crippen LogP contribution in [0, 0.1) is 12.7 Å². The monoisotopic (exact) mass is 520 g/mol. The van der Waals surface area contributed by atoms with Crippen LogP contribution in [0.25, 0.3) is 0 Å². The second kappa shape index (κ2) is 10.1. The first-order chi connectivity index (χ1) is 15.2. The zero-order valence-corrected chi connectivity index (χ0v) is 19.9. The van der Waals surface area contributed by atoms with E-state index in [1.807, 2.05) is 13.8 Å². The Morgan fingerprint density at radius 3 is 2.31 bits per heavy atom. The van der Waals surface area contributed by atoms with Gasteiger partial charge in [0.2, 0.25) is 5.91 Å². The summed E-state index contributed by atoms with van der Waals surface area (Å²) < 4.78 is 47.8. The number of anilines is 2. The van der Waals surface area contributed by atoms with Crippen molar-refractivity contribution in [3.05, 3.63) is 82.6 Å². The molecule has 9 heteroatoms. The fourth-order valence-corrected chi connectivity index (χ4v) is 4.69. The van der Waals surface area contributed by atoms with Gasteiger partial charge in [0.05, 0.1) is 22.9 Å². The van der Waals surface area contributed by atoms with E-state index in [4.69, 9.17) is 4.74 Å². The first kappa shape index (κ1) is 23.7. The fraction of sp³-hybridized carbons (Fsp3) is 0.174. The van der Waals surface area contributed by atoms with E-state index in [9.17, 15) is 17.6 Å². The normalized spacial score (nSPS) is 11.1. The molecule has 0 saturated heterocycles. The molecule has 0 aromatic heterocycles. The molecule has 168 valence electrons. The molecule has 0 aliphatic rings. The highest BCUT2D eigenvalue weighted by Crippen LogP contribution is 2.27. The molecule has 0 atom stereocenters. The molecule has 0 bridgehead atoms. The predicted molar refractivity (Wildman–Crippen MR) is 126 cm³/mol. The molecule has 6 nitrogen and oxygen atoms in total. The minimum Gasteiger partial charge on any atom is -0.494 e. The molecular formula is C23H22BrFN2O4S. The van der Waals surface area contributed by atoms with Crippen molar-refractivity contribution in [3.8, 4) is 5.75 Å². The number of nitrogens with one attached hydrogen (secondary N) is 1. The van der Waals surface area contributed by atoms with Crippen molar-refractivity contribution < 1.29 is 22.3 Å². The Morgan fingerprint density at radius 1 is 1.06 bits per heavy atom. The van der Waals surface area contributed by atoms with E-state index >= 15 is 0 Å². The molecule has 0 aliphatic carbocycles. The highest BCUT2D eigenvalue weighted by molar-refractivity contribution is 9.10. The molecule has 0 saturated carbocycles. The van der Waals surface area contributed by atoms with E-state index in [0.29, 0.717) is 16.8 Å². The Morgan fingerprint density at radius 2 is 1.72 bits per heavy atom. The van der Waals surface area contributed by atoms with Crippen LogP contribution in [0.3, 0.4) is 0 Å². The number of halogens is 2. The number of carbonyl (C=O) groups is 1. The number of hydrogen-bond donors (Lipinski definition) is 1. The van der Waals surface area contributed by atoms with Crippen molar-refractivity contribution in [1.82, 2.24) is 0 Å². The van der Waals surface area contributed by atoms with E-state index in [1.54, 1.807) is 42.5 Å². The van der Waals surface area contributed by atoms with Gasteiger partial charge in [-0.05, 0) is 68.4 Å². The van der Waals surface area contributed by atoms with Crippen LogP contribution in [0.1, 0.15) is 12.5 Å². The third-order valence-corrected chi connectivity index (χ3v) is 6.82. The average Bonchev–Trinajstić information content (AvgIpc) is 2.75. The summed E-state index contributed by atoms with van der Waals surface area (Å²) in [6.07, 6.45) is 0. The minimum absolute atomic E-state index is 0.0413. The van der Waals surface area contributed by atoms with Crippen LogP contribution in [0.15, 0.2) is 76.1 Å². The molecule has 1 N–H and O–H groups in total. The van der Waals surface area contributed by atoms with Gasteiger partial charge in [-0.3, -0.25) is 9.10 Å². The molecule has 0 heterocycles. The molecule has 0 aliphatic heterocycles. The van der Waals surface area contributed by atoms with Crippen molar-refractivity contribution in [2.24, 2.45) is 0 Å². The summed E-state index contributed by atoms with van der Waals surface area (Å²) >= 11 is 3.16. The molecule has 32 heavy (non-hydrogen) atoms. The van der Waals surface area contributed by atoms with Crippen LogP contribution in [0.4, 0.5) is 15.8 Å². The van der Waals surface area contributed by atoms with Crippen molar-refractivity contribution in [2.45, 2.75) is 18.7 Å². The minimum atomic E-state index is -4.07. The molecule has 0 unspecified atom stereocenters. The molecular weight excluding hydrogens is 499 g/mol. The quantitative estimate of drug-likeness (QED) is 0.446. The standard InChI is InChI=1S/C23H22BrFN2O4S/c1-3-31-19-9-7-18(8-10-19)27(32(29,30)20-11-4-16(2)5-12-20)15-23(28)26-22-13-6-17(24)14-21(22)25/h4-14H,3,15H2,1-2H3,(H,26,28). The van der Waals surface area contributed by atoms with Gasteiger partial charge in [-0.15, -0.1) is 0 Å². The van der Waals surface area contributed by atoms with Crippen LogP contribution in [0.2, 0.25) is 0 Å². The van der Waals surface area contributed by atoms with E-state index < -0.39 is 28.3 Å². The summed E-state index contributed by atoms with van der Waals surface area (Å²) in [5, 5.41) is 2.44. The van der Waals surface area contributed by atoms with Gasteiger partial charge >= 0.3 is 0 Å². The lowest BCUT2D eigenvalue weighted by Crippen LogP contribution is -2.38. The van der Waals surface area contributed by atoms with E-state index in [1.165, 1.54) is 24.3 Å². The van der Waals surface area contributed by atoms with Crippen LogP contribution in [0.5, 0.6) is 5.75 Å². The zero-order chi connectivity index (χ0) is 23.3. The molecule has 0 radical (unpaired) electrons. The number of nitrogens with zero attached hydrogens (tertiary/aromatic N) is 1. The lowest BCUT2D eigenvalue weighted by Gasteiger charge is -2.24. The smallest absolute Gasteiger partial charge is 0.264 e. The fourth-order valence-electron chi connectivity index (χ4n) is 2.94. The maximum Gasteiger partial charge on any atom is 0.264 e. The Bertz CT molecular complexity index is 1200. The lowest BCUT2D eigenvalue weighted by atomic mass is 10.2. The van der Waals surface area contributed by atoms with Crippen LogP contribution < -0.4 is 14.4 Å². The predicted octanol–water partition coefficient (Wildman–Crippen LogP) is 5.13. The summed E-state index contributed by atoms with van der Waals surface area (Å²) in [6.45, 7) is 3.61. The van der Waals surface area contributed by atoms with Crippen LogP contribution >= 0.6 is 15.9 Å². The van der Waals surface area contributed by atoms with Crippen LogP contribution in [-0.4, -0.2) is 27.5 Å². The number of rotatable bonds is 8. The third kappa shape index (κ3) is 5.66. The van der Waals surface area contributed by atoms with Gasteiger partial charge in [0.1, 0.15) is 18.1 Å². The summed E-state index contributed by atoms with van der Waals surface area (Å²) in [6, 6.07) is 16.9. The second-order valence-corrected chi connectivity index (χ2v) is 9.70. The maximum absolute atomic E-state index is 14.1. The van der Waals surface area contributed by atoms with E-state index in [-0.39, 0.29) is 16.3 Å². The van der Waals surface area contributed by atoms with Gasteiger partial charge in [-0.2, -0.15) is 0 Å². The largest absolute Gasteiger partial charge is 0.494 e. The van der Waals surface area contributed by atoms with Gasteiger partial charge in [-0.1, -0.05) is 33.6 Å². The van der Waals surface area contributed by atoms with Crippen LogP contribution in [-0.2, 0) is 14.8 Å². The number of amides is 1. The molecule has 0 spiro atoms. The van der Waals surface area contributed by atoms with Gasteiger partial charge in [0.15, 0.2) is 0 Å². The van der Waals surface area contributed by atoms with Gasteiger partial charge < -0.3 is 10.1 Å². The third-order valence-electron chi connectivity index (χ3n) is 4.54. The van der Waals surface area contributed by atoms with Gasteiger partial charge in [0, 0.05) is 4.47 Å². The number of aryl methyl sites for hydroxylation is 1. The number of carbonyl (C=O) groups excluding carboxylic acids is 1. The Hall–Kier alpha value is -2.91. The maximum atomic E-state index is 14.1. The Labute approximate surface area is 195 Å². The van der Waals surface area contributed by atoms with Gasteiger partial charge in [-0.25, -0.2) is 12.8 Å². The number of ether oxygens (including phenoxy) is 1. The molecule has 1 amide bonds. The van der Waals surface area contributed by atoms with E-state index in [0.717, 1.165) is 9.87 Å². The first-order valence-corrected chi connectivity index (χ1v) is 12.0. The topological polar surface area (TPSA) is 75.7 Å². The van der Waals surface area contributed by atoms with Crippen molar-refractivity contribution in [2.75, 3.05) is 22.8 Å². The molecule has 3 aromatic carbocycles. The molecule has 3 rings (SSSR count). The Kier molecular flexibility index (Phi) is 7.52. The highest BCUT2D eigenvalue weighted by Gasteiger charge is 2.27. The second-order valence-electron chi connectivity index (χ2n) is 6.92. The summed E-state index contributed by atoms with van der Waals surface area (Å²) in [7, 11) is -4.07. The van der Waals surface area contributed by atoms with Crippen molar-refractivity contribution in [3.63, 3.8) is 0 Å². The number of sulfonamides is 1. The highest BCUT2D eigenvalue weighted by atomic mass is 79.9. The SMILES string of the molecule is CCOc1ccc(N(CC(=O)Nc2ccc(Br)cc2F)S(=O)(=O)c2ccc(C)cc2)cc1. The summed E-state index contributed by atoms with van der Waals surface area (Å²) in [5.41, 5.74) is 1.14. The molecule has 3 aromatic rings. The van der Waals surface area contributed by atoms with Gasteiger partial charge in [0.25, 0.3) is 10.0 Å². The number of benzene rings is 3. The Balaban J connectivity index is 1.94. The summed E-state index contributed by atoms with van der Waals surface area (Å²) in [4.78, 5) is 12.8. The summed E-state index contributed by atoms with van der Waals surface area (Å²) in [5.74, 6) is -0.747. The van der Waals surface area contributed by atoms with Crippen molar-refractivity contribution >= 4 is 43.2 Å². The number of hydrogen-bond acceptors (Lipinski definition) is 4.